The Balaban J connectivity index is 1.64. The van der Waals surface area contributed by atoms with E-state index in [2.05, 4.69) is 15.8 Å². The molecule has 0 atom stereocenters. The summed E-state index contributed by atoms with van der Waals surface area (Å²) < 4.78 is 0. The molecular formula is C25H27N3O3S2. The van der Waals surface area contributed by atoms with E-state index in [-0.39, 0.29) is 18.4 Å². The molecule has 33 heavy (non-hydrogen) atoms. The Labute approximate surface area is 202 Å². The highest BCUT2D eigenvalue weighted by atomic mass is 32.2. The van der Waals surface area contributed by atoms with Gasteiger partial charge in [-0.1, -0.05) is 42.0 Å². The van der Waals surface area contributed by atoms with E-state index < -0.39 is 0 Å². The summed E-state index contributed by atoms with van der Waals surface area (Å²) in [5.41, 5.74) is 7.33. The zero-order valence-electron chi connectivity index (χ0n) is 18.6. The largest absolute Gasteiger partial charge is 0.396 e. The topological polar surface area (TPSA) is 90.8 Å². The van der Waals surface area contributed by atoms with Crippen LogP contribution in [-0.2, 0) is 5.75 Å². The first kappa shape index (κ1) is 24.7. The number of carbonyl (C=O) groups is 2. The predicted octanol–water partition coefficient (Wildman–Crippen LogP) is 5.00. The van der Waals surface area contributed by atoms with Gasteiger partial charge in [-0.15, -0.1) is 11.3 Å². The van der Waals surface area contributed by atoms with Gasteiger partial charge in [0.2, 0.25) is 0 Å². The molecule has 1 aromatic heterocycles. The minimum atomic E-state index is -0.374. The number of benzene rings is 2. The van der Waals surface area contributed by atoms with E-state index in [1.807, 2.05) is 61.7 Å². The van der Waals surface area contributed by atoms with Crippen LogP contribution in [0.15, 0.2) is 59.0 Å². The van der Waals surface area contributed by atoms with Crippen molar-refractivity contribution in [2.24, 2.45) is 5.10 Å². The van der Waals surface area contributed by atoms with Gasteiger partial charge in [-0.05, 0) is 60.2 Å². The average Bonchev–Trinajstić information content (AvgIpc) is 3.18. The number of thiophene rings is 1. The van der Waals surface area contributed by atoms with E-state index in [4.69, 9.17) is 5.11 Å². The number of aryl methyl sites for hydroxylation is 2. The molecule has 0 saturated heterocycles. The smallest absolute Gasteiger partial charge is 0.274 e. The third kappa shape index (κ3) is 7.28. The summed E-state index contributed by atoms with van der Waals surface area (Å²) in [4.78, 5) is 25.6. The number of hydrazone groups is 1. The SMILES string of the molecule is Cc1ccc(/C=N/NC(=O)c2c(C)csc2NC(=O)c2cccc(CSCCCO)c2)cc1. The molecule has 2 aromatic carbocycles. The number of amides is 2. The van der Waals surface area contributed by atoms with Gasteiger partial charge in [-0.2, -0.15) is 16.9 Å². The number of aliphatic hydroxyl groups excluding tert-OH is 1. The van der Waals surface area contributed by atoms with Crippen LogP contribution < -0.4 is 10.7 Å². The first-order valence-corrected chi connectivity index (χ1v) is 12.6. The second-order valence-corrected chi connectivity index (χ2v) is 9.50. The van der Waals surface area contributed by atoms with Crippen molar-refractivity contribution in [3.05, 3.63) is 87.3 Å². The first-order chi connectivity index (χ1) is 16.0. The number of carbonyl (C=O) groups excluding carboxylic acids is 2. The number of thioether (sulfide) groups is 1. The van der Waals surface area contributed by atoms with Crippen molar-refractivity contribution in [1.29, 1.82) is 0 Å². The second kappa shape index (κ2) is 12.3. The van der Waals surface area contributed by atoms with Gasteiger partial charge in [0, 0.05) is 17.9 Å². The molecule has 0 saturated carbocycles. The molecule has 172 valence electrons. The molecule has 0 unspecified atom stereocenters. The lowest BCUT2D eigenvalue weighted by molar-refractivity contribution is 0.0956. The molecule has 3 N–H and O–H groups in total. The van der Waals surface area contributed by atoms with Crippen LogP contribution >= 0.6 is 23.1 Å². The molecule has 0 aliphatic rings. The summed E-state index contributed by atoms with van der Waals surface area (Å²) in [5.74, 6) is 0.996. The lowest BCUT2D eigenvalue weighted by Gasteiger charge is -2.08. The number of rotatable bonds is 10. The van der Waals surface area contributed by atoms with Gasteiger partial charge in [0.15, 0.2) is 0 Å². The number of aliphatic hydroxyl groups is 1. The summed E-state index contributed by atoms with van der Waals surface area (Å²) in [6, 6.07) is 15.2. The summed E-state index contributed by atoms with van der Waals surface area (Å²) in [5, 5.41) is 18.1. The molecule has 0 aliphatic carbocycles. The van der Waals surface area contributed by atoms with Gasteiger partial charge in [-0.25, -0.2) is 5.43 Å². The van der Waals surface area contributed by atoms with Crippen LogP contribution in [0, 0.1) is 13.8 Å². The second-order valence-electron chi connectivity index (χ2n) is 7.52. The molecule has 0 fully saturated rings. The van der Waals surface area contributed by atoms with Crippen molar-refractivity contribution < 1.29 is 14.7 Å². The number of nitrogens with zero attached hydrogens (tertiary/aromatic N) is 1. The number of hydrogen-bond acceptors (Lipinski definition) is 6. The molecule has 8 heteroatoms. The van der Waals surface area contributed by atoms with Crippen LogP contribution in [0.5, 0.6) is 0 Å². The van der Waals surface area contributed by atoms with E-state index >= 15 is 0 Å². The van der Waals surface area contributed by atoms with Crippen molar-refractivity contribution >= 4 is 46.1 Å². The third-order valence-electron chi connectivity index (χ3n) is 4.79. The lowest BCUT2D eigenvalue weighted by Crippen LogP contribution is -2.21. The Hall–Kier alpha value is -2.94. The quantitative estimate of drug-likeness (QED) is 0.216. The molecular weight excluding hydrogens is 454 g/mol. The molecule has 0 aliphatic heterocycles. The van der Waals surface area contributed by atoms with Crippen molar-refractivity contribution in [3.63, 3.8) is 0 Å². The molecule has 1 heterocycles. The normalized spacial score (nSPS) is 11.0. The van der Waals surface area contributed by atoms with Gasteiger partial charge in [0.1, 0.15) is 5.00 Å². The van der Waals surface area contributed by atoms with E-state index in [1.54, 1.807) is 24.0 Å². The van der Waals surface area contributed by atoms with Gasteiger partial charge in [-0.3, -0.25) is 9.59 Å². The summed E-state index contributed by atoms with van der Waals surface area (Å²) in [7, 11) is 0. The van der Waals surface area contributed by atoms with Gasteiger partial charge in [0.25, 0.3) is 11.8 Å². The maximum Gasteiger partial charge on any atom is 0.274 e. The monoisotopic (exact) mass is 481 g/mol. The Morgan fingerprint density at radius 3 is 2.67 bits per heavy atom. The molecule has 3 rings (SSSR count). The standard InChI is InChI=1S/C25H27N3O3S2/c1-17-7-9-19(10-8-17)14-26-28-24(31)22-18(2)15-33-25(22)27-23(30)21-6-3-5-20(13-21)16-32-12-4-11-29/h3,5-10,13-15,29H,4,11-12,16H2,1-2H3,(H,27,30)(H,28,31)/b26-14+. The Kier molecular flexibility index (Phi) is 9.24. The van der Waals surface area contributed by atoms with Crippen molar-refractivity contribution in [2.75, 3.05) is 17.7 Å². The third-order valence-corrected chi connectivity index (χ3v) is 6.92. The molecule has 2 amide bonds. The summed E-state index contributed by atoms with van der Waals surface area (Å²) >= 11 is 3.03. The van der Waals surface area contributed by atoms with E-state index in [0.29, 0.717) is 16.1 Å². The van der Waals surface area contributed by atoms with Crippen LogP contribution in [0.25, 0.3) is 0 Å². The molecule has 6 nitrogen and oxygen atoms in total. The Bertz CT molecular complexity index is 1120. The van der Waals surface area contributed by atoms with Crippen molar-refractivity contribution in [2.45, 2.75) is 26.0 Å². The van der Waals surface area contributed by atoms with Crippen LogP contribution in [0.2, 0.25) is 0 Å². The minimum Gasteiger partial charge on any atom is -0.396 e. The highest BCUT2D eigenvalue weighted by Crippen LogP contribution is 2.28. The molecule has 0 radical (unpaired) electrons. The van der Waals surface area contributed by atoms with Crippen molar-refractivity contribution in [3.8, 4) is 0 Å². The van der Waals surface area contributed by atoms with E-state index in [1.165, 1.54) is 11.3 Å². The zero-order chi connectivity index (χ0) is 23.6. The summed E-state index contributed by atoms with van der Waals surface area (Å²) in [6.07, 6.45) is 2.34. The molecule has 0 spiro atoms. The fourth-order valence-electron chi connectivity index (χ4n) is 3.03. The van der Waals surface area contributed by atoms with Gasteiger partial charge in [0.05, 0.1) is 11.8 Å². The first-order valence-electron chi connectivity index (χ1n) is 10.5. The number of hydrogen-bond donors (Lipinski definition) is 3. The minimum absolute atomic E-state index is 0.183. The van der Waals surface area contributed by atoms with Crippen LogP contribution in [-0.4, -0.2) is 35.5 Å². The van der Waals surface area contributed by atoms with Crippen molar-refractivity contribution in [1.82, 2.24) is 5.43 Å². The molecule has 3 aromatic rings. The lowest BCUT2D eigenvalue weighted by atomic mass is 10.1. The fourth-order valence-corrected chi connectivity index (χ4v) is 4.85. The maximum absolute atomic E-state index is 12.8. The van der Waals surface area contributed by atoms with E-state index in [0.717, 1.165) is 40.2 Å². The highest BCUT2D eigenvalue weighted by molar-refractivity contribution is 7.98. The van der Waals surface area contributed by atoms with Crippen LogP contribution in [0.1, 0.15) is 49.4 Å². The number of anilines is 1. The fraction of sp³-hybridized carbons (Fsp3) is 0.240. The average molecular weight is 482 g/mol. The Morgan fingerprint density at radius 1 is 1.12 bits per heavy atom. The molecule has 0 bridgehead atoms. The van der Waals surface area contributed by atoms with E-state index in [9.17, 15) is 9.59 Å². The number of nitrogens with one attached hydrogen (secondary N) is 2. The van der Waals surface area contributed by atoms with Crippen LogP contribution in [0.3, 0.4) is 0 Å². The summed E-state index contributed by atoms with van der Waals surface area (Å²) in [6.45, 7) is 4.02. The maximum atomic E-state index is 12.8. The van der Waals surface area contributed by atoms with Gasteiger partial charge < -0.3 is 10.4 Å². The van der Waals surface area contributed by atoms with Crippen LogP contribution in [0.4, 0.5) is 5.00 Å². The predicted molar refractivity (Wildman–Crippen MR) is 138 cm³/mol. The van der Waals surface area contributed by atoms with Gasteiger partial charge >= 0.3 is 0 Å². The zero-order valence-corrected chi connectivity index (χ0v) is 20.3. The highest BCUT2D eigenvalue weighted by Gasteiger charge is 2.19. The Morgan fingerprint density at radius 2 is 1.91 bits per heavy atom.